The van der Waals surface area contributed by atoms with Crippen molar-refractivity contribution >= 4 is 11.7 Å². The molecule has 0 saturated carbocycles. The number of ketones is 1. The second-order valence-electron chi connectivity index (χ2n) is 8.94. The van der Waals surface area contributed by atoms with E-state index in [2.05, 4.69) is 29.4 Å². The summed E-state index contributed by atoms with van der Waals surface area (Å²) >= 11 is 0. The molecule has 1 aliphatic rings. The average molecular weight is 436 g/mol. The monoisotopic (exact) mass is 435 g/mol. The second kappa shape index (κ2) is 12.5. The number of pyridine rings is 1. The smallest absolute Gasteiger partial charge is 0.223 e. The number of unbranched alkanes of at least 4 members (excludes halogenated alkanes) is 2. The van der Waals surface area contributed by atoms with Crippen LogP contribution in [0.2, 0.25) is 0 Å². The van der Waals surface area contributed by atoms with Gasteiger partial charge in [0.25, 0.3) is 0 Å². The first-order valence-corrected chi connectivity index (χ1v) is 12.1. The van der Waals surface area contributed by atoms with Crippen LogP contribution in [0.1, 0.15) is 70.0 Å². The molecule has 1 aromatic carbocycles. The molecule has 0 spiro atoms. The van der Waals surface area contributed by atoms with E-state index in [9.17, 15) is 9.59 Å². The summed E-state index contributed by atoms with van der Waals surface area (Å²) in [5.74, 6) is 0.554. The zero-order valence-electron chi connectivity index (χ0n) is 19.6. The Morgan fingerprint density at radius 1 is 1.03 bits per heavy atom. The Morgan fingerprint density at radius 2 is 1.78 bits per heavy atom. The van der Waals surface area contributed by atoms with Crippen molar-refractivity contribution in [1.29, 1.82) is 0 Å². The van der Waals surface area contributed by atoms with Crippen LogP contribution >= 0.6 is 0 Å². The minimum absolute atomic E-state index is 0.0770. The number of benzene rings is 1. The van der Waals surface area contributed by atoms with Crippen LogP contribution in [-0.4, -0.2) is 41.7 Å². The predicted octanol–water partition coefficient (Wildman–Crippen LogP) is 5.18. The number of likely N-dealkylation sites (tertiary alicyclic amines) is 1. The molecule has 0 aliphatic carbocycles. The number of amides is 1. The number of nitrogens with one attached hydrogen (secondary N) is 1. The Bertz CT molecular complexity index is 860. The standard InChI is InChI=1S/C27H37N3O2/c1-3-23(31)13-8-5-9-14-26(29-27(32)22-17-19-30(2)20-18-22)25-16-10-15-24(28-25)21-11-6-4-7-12-21/h4,6-7,10-12,15-16,22,26H,3,5,8-9,13-14,17-20H2,1-2H3,(H,29,32)/t26-/m0/s1. The Labute approximate surface area is 192 Å². The minimum Gasteiger partial charge on any atom is -0.347 e. The highest BCUT2D eigenvalue weighted by Crippen LogP contribution is 2.25. The first kappa shape index (κ1) is 24.1. The van der Waals surface area contributed by atoms with Crippen molar-refractivity contribution in [2.45, 2.75) is 64.3 Å². The maximum absolute atomic E-state index is 13.1. The quantitative estimate of drug-likeness (QED) is 0.494. The van der Waals surface area contributed by atoms with Gasteiger partial charge in [-0.3, -0.25) is 14.6 Å². The van der Waals surface area contributed by atoms with Crippen LogP contribution in [0, 0.1) is 5.92 Å². The van der Waals surface area contributed by atoms with Gasteiger partial charge in [-0.2, -0.15) is 0 Å². The van der Waals surface area contributed by atoms with Gasteiger partial charge in [-0.1, -0.05) is 56.2 Å². The molecule has 0 unspecified atom stereocenters. The molecule has 5 nitrogen and oxygen atoms in total. The molecule has 1 aromatic heterocycles. The highest BCUT2D eigenvalue weighted by atomic mass is 16.2. The summed E-state index contributed by atoms with van der Waals surface area (Å²) in [5.41, 5.74) is 2.92. The van der Waals surface area contributed by atoms with Crippen LogP contribution in [0.4, 0.5) is 0 Å². The fraction of sp³-hybridized carbons (Fsp3) is 0.519. The molecule has 1 N–H and O–H groups in total. The highest BCUT2D eigenvalue weighted by Gasteiger charge is 2.26. The zero-order chi connectivity index (χ0) is 22.8. The van der Waals surface area contributed by atoms with E-state index in [4.69, 9.17) is 4.98 Å². The lowest BCUT2D eigenvalue weighted by Gasteiger charge is -2.29. The third-order valence-electron chi connectivity index (χ3n) is 6.45. The van der Waals surface area contributed by atoms with Gasteiger partial charge >= 0.3 is 0 Å². The molecule has 1 atom stereocenters. The van der Waals surface area contributed by atoms with Crippen LogP contribution in [0.5, 0.6) is 0 Å². The van der Waals surface area contributed by atoms with E-state index < -0.39 is 0 Å². The molecule has 0 radical (unpaired) electrons. The molecule has 2 aromatic rings. The van der Waals surface area contributed by atoms with Gasteiger partial charge in [-0.05, 0) is 58.0 Å². The van der Waals surface area contributed by atoms with E-state index >= 15 is 0 Å². The molecule has 1 amide bonds. The molecule has 172 valence electrons. The second-order valence-corrected chi connectivity index (χ2v) is 8.94. The van der Waals surface area contributed by atoms with Crippen LogP contribution in [0.3, 0.4) is 0 Å². The molecular formula is C27H37N3O2. The number of hydrogen-bond acceptors (Lipinski definition) is 4. The largest absolute Gasteiger partial charge is 0.347 e. The van der Waals surface area contributed by atoms with Crippen LogP contribution in [0.15, 0.2) is 48.5 Å². The first-order chi connectivity index (χ1) is 15.6. The van der Waals surface area contributed by atoms with Crippen molar-refractivity contribution < 1.29 is 9.59 Å². The summed E-state index contributed by atoms with van der Waals surface area (Å²) < 4.78 is 0. The molecule has 0 bridgehead atoms. The number of Topliss-reactive ketones (excluding diaryl/α,β-unsaturated/α-hetero) is 1. The van der Waals surface area contributed by atoms with Gasteiger partial charge in [0.2, 0.25) is 5.91 Å². The highest BCUT2D eigenvalue weighted by molar-refractivity contribution is 5.79. The molecule has 2 heterocycles. The fourth-order valence-corrected chi connectivity index (χ4v) is 4.29. The van der Waals surface area contributed by atoms with E-state index in [0.717, 1.165) is 68.6 Å². The lowest BCUT2D eigenvalue weighted by molar-refractivity contribution is -0.127. The number of nitrogens with zero attached hydrogens (tertiary/aromatic N) is 2. The normalized spacial score (nSPS) is 15.9. The number of piperidine rings is 1. The van der Waals surface area contributed by atoms with Gasteiger partial charge in [0.05, 0.1) is 17.4 Å². The lowest BCUT2D eigenvalue weighted by Crippen LogP contribution is -2.40. The third-order valence-corrected chi connectivity index (χ3v) is 6.45. The predicted molar refractivity (Wildman–Crippen MR) is 129 cm³/mol. The summed E-state index contributed by atoms with van der Waals surface area (Å²) in [5, 5.41) is 3.32. The van der Waals surface area contributed by atoms with Crippen molar-refractivity contribution in [3.63, 3.8) is 0 Å². The van der Waals surface area contributed by atoms with Gasteiger partial charge in [0.15, 0.2) is 0 Å². The molecule has 1 fully saturated rings. The number of rotatable bonds is 11. The van der Waals surface area contributed by atoms with Crippen LogP contribution in [0.25, 0.3) is 11.3 Å². The lowest BCUT2D eigenvalue weighted by atomic mass is 9.95. The summed E-state index contributed by atoms with van der Waals surface area (Å²) in [6, 6.07) is 16.1. The maximum atomic E-state index is 13.1. The number of carbonyl (C=O) groups is 2. The van der Waals surface area contributed by atoms with Crippen molar-refractivity contribution in [2.75, 3.05) is 20.1 Å². The molecule has 1 saturated heterocycles. The number of aromatic nitrogens is 1. The van der Waals surface area contributed by atoms with Gasteiger partial charge < -0.3 is 10.2 Å². The van der Waals surface area contributed by atoms with E-state index in [1.807, 2.05) is 43.3 Å². The van der Waals surface area contributed by atoms with E-state index in [1.165, 1.54) is 0 Å². The summed E-state index contributed by atoms with van der Waals surface area (Å²) in [6.45, 7) is 3.86. The zero-order valence-corrected chi connectivity index (χ0v) is 19.6. The maximum Gasteiger partial charge on any atom is 0.223 e. The average Bonchev–Trinajstić information content (AvgIpc) is 2.84. The Kier molecular flexibility index (Phi) is 9.42. The van der Waals surface area contributed by atoms with E-state index in [1.54, 1.807) is 0 Å². The molecule has 32 heavy (non-hydrogen) atoms. The molecule has 1 aliphatic heterocycles. The van der Waals surface area contributed by atoms with Gasteiger partial charge in [0.1, 0.15) is 5.78 Å². The Morgan fingerprint density at radius 3 is 2.50 bits per heavy atom. The Hall–Kier alpha value is -2.53. The van der Waals surface area contributed by atoms with Gasteiger partial charge in [0, 0.05) is 24.3 Å². The van der Waals surface area contributed by atoms with Crippen LogP contribution in [-0.2, 0) is 9.59 Å². The topological polar surface area (TPSA) is 62.3 Å². The van der Waals surface area contributed by atoms with Crippen LogP contribution < -0.4 is 5.32 Å². The third kappa shape index (κ3) is 7.27. The SMILES string of the molecule is CCC(=O)CCCCC[C@H](NC(=O)C1CCN(C)CC1)c1cccc(-c2ccccc2)n1. The van der Waals surface area contributed by atoms with E-state index in [0.29, 0.717) is 18.6 Å². The summed E-state index contributed by atoms with van der Waals surface area (Å²) in [4.78, 5) is 31.8. The summed E-state index contributed by atoms with van der Waals surface area (Å²) in [6.07, 6.45) is 6.80. The summed E-state index contributed by atoms with van der Waals surface area (Å²) in [7, 11) is 2.11. The van der Waals surface area contributed by atoms with Gasteiger partial charge in [-0.15, -0.1) is 0 Å². The number of hydrogen-bond donors (Lipinski definition) is 1. The van der Waals surface area contributed by atoms with Crippen molar-refractivity contribution in [3.05, 3.63) is 54.2 Å². The molecule has 5 heteroatoms. The number of carbonyl (C=O) groups excluding carboxylic acids is 2. The van der Waals surface area contributed by atoms with E-state index in [-0.39, 0.29) is 17.9 Å². The van der Waals surface area contributed by atoms with Gasteiger partial charge in [-0.25, -0.2) is 0 Å². The molecule has 3 rings (SSSR count). The van der Waals surface area contributed by atoms with Crippen molar-refractivity contribution in [1.82, 2.24) is 15.2 Å². The fourth-order valence-electron chi connectivity index (χ4n) is 4.29. The first-order valence-electron chi connectivity index (χ1n) is 12.1. The Balaban J connectivity index is 1.68. The van der Waals surface area contributed by atoms with Crippen molar-refractivity contribution in [2.24, 2.45) is 5.92 Å². The van der Waals surface area contributed by atoms with Crippen molar-refractivity contribution in [3.8, 4) is 11.3 Å². The minimum atomic E-state index is -0.104. The molecular weight excluding hydrogens is 398 g/mol.